The summed E-state index contributed by atoms with van der Waals surface area (Å²) in [5.74, 6) is 0.148. The summed E-state index contributed by atoms with van der Waals surface area (Å²) in [6.07, 6.45) is -3.00. The third kappa shape index (κ3) is 4.72. The van der Waals surface area contributed by atoms with Gasteiger partial charge < -0.3 is 19.8 Å². The monoisotopic (exact) mass is 385 g/mol. The van der Waals surface area contributed by atoms with Crippen LogP contribution in [0.5, 0.6) is 5.75 Å². The first-order valence-corrected chi connectivity index (χ1v) is 8.71. The summed E-state index contributed by atoms with van der Waals surface area (Å²) >= 11 is 0. The fraction of sp³-hybridized carbons (Fsp3) is 0.500. The second-order valence-electron chi connectivity index (χ2n) is 6.45. The number of amides is 1. The van der Waals surface area contributed by atoms with E-state index in [0.29, 0.717) is 43.1 Å². The number of carbonyl (C=O) groups excluding carboxylic acids is 1. The quantitative estimate of drug-likeness (QED) is 0.796. The van der Waals surface area contributed by atoms with E-state index in [1.807, 2.05) is 0 Å². The second-order valence-corrected chi connectivity index (χ2v) is 6.45. The first kappa shape index (κ1) is 19.5. The number of furan rings is 1. The largest absolute Gasteiger partial charge is 0.497 e. The van der Waals surface area contributed by atoms with Crippen molar-refractivity contribution in [2.24, 2.45) is 0 Å². The first-order valence-electron chi connectivity index (χ1n) is 8.71. The van der Waals surface area contributed by atoms with Crippen LogP contribution < -0.4 is 15.4 Å². The SMILES string of the molecule is COc1ccc2c(CC(=O)NCC(N3CCNCC3)C(F)(F)F)coc2c1. The zero-order chi connectivity index (χ0) is 19.4. The van der Waals surface area contributed by atoms with E-state index in [2.05, 4.69) is 10.6 Å². The lowest BCUT2D eigenvalue weighted by Crippen LogP contribution is -2.57. The van der Waals surface area contributed by atoms with Gasteiger partial charge in [-0.2, -0.15) is 13.2 Å². The van der Waals surface area contributed by atoms with Gasteiger partial charge in [-0.15, -0.1) is 0 Å². The molecule has 1 fully saturated rings. The number of nitrogens with one attached hydrogen (secondary N) is 2. The van der Waals surface area contributed by atoms with Crippen molar-refractivity contribution in [1.82, 2.24) is 15.5 Å². The van der Waals surface area contributed by atoms with Crippen LogP contribution in [-0.4, -0.2) is 62.9 Å². The van der Waals surface area contributed by atoms with Crippen LogP contribution in [-0.2, 0) is 11.2 Å². The van der Waals surface area contributed by atoms with Crippen LogP contribution in [0.3, 0.4) is 0 Å². The molecule has 1 amide bonds. The van der Waals surface area contributed by atoms with E-state index in [4.69, 9.17) is 9.15 Å². The molecule has 1 unspecified atom stereocenters. The lowest BCUT2D eigenvalue weighted by Gasteiger charge is -2.35. The number of carbonyl (C=O) groups is 1. The van der Waals surface area contributed by atoms with Crippen LogP contribution in [0.2, 0.25) is 0 Å². The zero-order valence-electron chi connectivity index (χ0n) is 14.9. The van der Waals surface area contributed by atoms with E-state index < -0.39 is 24.7 Å². The van der Waals surface area contributed by atoms with Gasteiger partial charge in [0, 0.05) is 49.7 Å². The van der Waals surface area contributed by atoms with E-state index in [1.165, 1.54) is 18.3 Å². The number of methoxy groups -OCH3 is 1. The van der Waals surface area contributed by atoms with Crippen molar-refractivity contribution in [1.29, 1.82) is 0 Å². The van der Waals surface area contributed by atoms with Crippen molar-refractivity contribution in [2.75, 3.05) is 39.8 Å². The Morgan fingerprint density at radius 2 is 2.11 bits per heavy atom. The molecule has 1 atom stereocenters. The Morgan fingerprint density at radius 1 is 1.37 bits per heavy atom. The highest BCUT2D eigenvalue weighted by atomic mass is 19.4. The minimum atomic E-state index is -4.40. The van der Waals surface area contributed by atoms with Gasteiger partial charge in [0.2, 0.25) is 5.91 Å². The van der Waals surface area contributed by atoms with Crippen LogP contribution >= 0.6 is 0 Å². The molecule has 0 spiro atoms. The number of benzene rings is 1. The number of fused-ring (bicyclic) bond motifs is 1. The Labute approximate surface area is 154 Å². The average Bonchev–Trinajstić information content (AvgIpc) is 3.03. The summed E-state index contributed by atoms with van der Waals surface area (Å²) in [4.78, 5) is 13.6. The Balaban J connectivity index is 1.62. The highest BCUT2D eigenvalue weighted by Gasteiger charge is 2.43. The molecule has 1 aromatic heterocycles. The normalized spacial score (nSPS) is 17.0. The smallest absolute Gasteiger partial charge is 0.405 e. The van der Waals surface area contributed by atoms with Crippen LogP contribution in [0.4, 0.5) is 13.2 Å². The van der Waals surface area contributed by atoms with Gasteiger partial charge in [0.15, 0.2) is 0 Å². The molecule has 27 heavy (non-hydrogen) atoms. The molecule has 1 saturated heterocycles. The molecule has 1 aromatic carbocycles. The predicted octanol–water partition coefficient (Wildman–Crippen LogP) is 1.94. The maximum atomic E-state index is 13.4. The van der Waals surface area contributed by atoms with E-state index in [1.54, 1.807) is 18.2 Å². The molecule has 3 rings (SSSR count). The van der Waals surface area contributed by atoms with Gasteiger partial charge in [-0.1, -0.05) is 0 Å². The minimum absolute atomic E-state index is 0.0501. The average molecular weight is 385 g/mol. The number of ether oxygens (including phenoxy) is 1. The van der Waals surface area contributed by atoms with Gasteiger partial charge >= 0.3 is 6.18 Å². The molecule has 1 aliphatic heterocycles. The molecule has 2 N–H and O–H groups in total. The van der Waals surface area contributed by atoms with Crippen molar-refractivity contribution >= 4 is 16.9 Å². The Hall–Kier alpha value is -2.26. The molecule has 148 valence electrons. The van der Waals surface area contributed by atoms with Gasteiger partial charge in [-0.25, -0.2) is 0 Å². The lowest BCUT2D eigenvalue weighted by atomic mass is 10.1. The highest BCUT2D eigenvalue weighted by Crippen LogP contribution is 2.27. The summed E-state index contributed by atoms with van der Waals surface area (Å²) in [5.41, 5.74) is 1.18. The van der Waals surface area contributed by atoms with E-state index in [0.717, 1.165) is 5.39 Å². The molecule has 6 nitrogen and oxygen atoms in total. The van der Waals surface area contributed by atoms with Gasteiger partial charge in [-0.05, 0) is 12.1 Å². The number of hydrogen-bond acceptors (Lipinski definition) is 5. The maximum absolute atomic E-state index is 13.4. The minimum Gasteiger partial charge on any atom is -0.497 e. The Morgan fingerprint density at radius 3 is 2.78 bits per heavy atom. The predicted molar refractivity (Wildman–Crippen MR) is 93.8 cm³/mol. The van der Waals surface area contributed by atoms with Crippen LogP contribution in [0.1, 0.15) is 5.56 Å². The summed E-state index contributed by atoms with van der Waals surface area (Å²) in [6.45, 7) is 1.14. The van der Waals surface area contributed by atoms with Gasteiger partial charge in [0.1, 0.15) is 17.4 Å². The topological polar surface area (TPSA) is 66.7 Å². The Kier molecular flexibility index (Phi) is 5.91. The summed E-state index contributed by atoms with van der Waals surface area (Å²) in [7, 11) is 1.54. The zero-order valence-corrected chi connectivity index (χ0v) is 14.9. The van der Waals surface area contributed by atoms with Crippen LogP contribution in [0.15, 0.2) is 28.9 Å². The van der Waals surface area contributed by atoms with Gasteiger partial charge in [0.05, 0.1) is 19.8 Å². The molecule has 9 heteroatoms. The molecular weight excluding hydrogens is 363 g/mol. The fourth-order valence-corrected chi connectivity index (χ4v) is 3.22. The number of piperazine rings is 1. The van der Waals surface area contributed by atoms with Gasteiger partial charge in [-0.3, -0.25) is 9.69 Å². The number of halogens is 3. The second kappa shape index (κ2) is 8.18. The van der Waals surface area contributed by atoms with Crippen LogP contribution in [0, 0.1) is 0 Å². The van der Waals surface area contributed by atoms with E-state index in [9.17, 15) is 18.0 Å². The molecule has 0 bridgehead atoms. The van der Waals surface area contributed by atoms with Crippen molar-refractivity contribution in [3.8, 4) is 5.75 Å². The fourth-order valence-electron chi connectivity index (χ4n) is 3.22. The summed E-state index contributed by atoms with van der Waals surface area (Å²) in [6, 6.07) is 3.51. The number of hydrogen-bond donors (Lipinski definition) is 2. The van der Waals surface area contributed by atoms with Crippen molar-refractivity contribution in [2.45, 2.75) is 18.6 Å². The van der Waals surface area contributed by atoms with Crippen LogP contribution in [0.25, 0.3) is 11.0 Å². The van der Waals surface area contributed by atoms with Gasteiger partial charge in [0.25, 0.3) is 0 Å². The van der Waals surface area contributed by atoms with Crippen molar-refractivity contribution < 1.29 is 27.1 Å². The standard InChI is InChI=1S/C18H22F3N3O3/c1-26-13-2-3-14-12(11-27-15(14)9-13)8-17(25)23-10-16(18(19,20)21)24-6-4-22-5-7-24/h2-3,9,11,16,22H,4-8,10H2,1H3,(H,23,25). The molecule has 0 saturated carbocycles. The number of nitrogens with zero attached hydrogens (tertiary/aromatic N) is 1. The number of alkyl halides is 3. The summed E-state index contributed by atoms with van der Waals surface area (Å²) in [5, 5.41) is 6.19. The molecule has 0 radical (unpaired) electrons. The Bertz CT molecular complexity index is 785. The van der Waals surface area contributed by atoms with E-state index >= 15 is 0 Å². The van der Waals surface area contributed by atoms with E-state index in [-0.39, 0.29) is 6.42 Å². The third-order valence-corrected chi connectivity index (χ3v) is 4.68. The lowest BCUT2D eigenvalue weighted by molar-refractivity contribution is -0.184. The molecule has 2 aromatic rings. The maximum Gasteiger partial charge on any atom is 0.405 e. The van der Waals surface area contributed by atoms with Crippen molar-refractivity contribution in [3.63, 3.8) is 0 Å². The molecule has 0 aliphatic carbocycles. The first-order chi connectivity index (χ1) is 12.9. The molecule has 2 heterocycles. The number of rotatable bonds is 6. The highest BCUT2D eigenvalue weighted by molar-refractivity contribution is 5.88. The third-order valence-electron chi connectivity index (χ3n) is 4.68. The summed E-state index contributed by atoms with van der Waals surface area (Å²) < 4.78 is 50.6. The molecule has 1 aliphatic rings. The van der Waals surface area contributed by atoms with Crippen molar-refractivity contribution in [3.05, 3.63) is 30.0 Å². The molecular formula is C18H22F3N3O3.